The zero-order valence-electron chi connectivity index (χ0n) is 37.8. The summed E-state index contributed by atoms with van der Waals surface area (Å²) >= 11 is 0. The van der Waals surface area contributed by atoms with Crippen molar-refractivity contribution < 1.29 is 47.5 Å². The van der Waals surface area contributed by atoms with Gasteiger partial charge in [-0.3, -0.25) is 23.4 Å². The third-order valence-corrected chi connectivity index (χ3v) is 11.0. The Balaban J connectivity index is 4.33. The molecule has 0 amide bonds. The summed E-state index contributed by atoms with van der Waals surface area (Å²) in [5.41, 5.74) is 5.34. The first kappa shape index (κ1) is 57.4. The fourth-order valence-electron chi connectivity index (χ4n) is 6.30. The predicted molar refractivity (Wildman–Crippen MR) is 245 cm³/mol. The highest BCUT2D eigenvalue weighted by atomic mass is 31.2. The van der Waals surface area contributed by atoms with Crippen LogP contribution in [0.25, 0.3) is 0 Å². The number of esters is 2. The summed E-state index contributed by atoms with van der Waals surface area (Å²) < 4.78 is 32.7. The van der Waals surface area contributed by atoms with Gasteiger partial charge in [-0.1, -0.05) is 165 Å². The maximum atomic E-state index is 12.7. The van der Waals surface area contributed by atoms with Crippen LogP contribution in [0.15, 0.2) is 48.6 Å². The highest BCUT2D eigenvalue weighted by Crippen LogP contribution is 2.43. The summed E-state index contributed by atoms with van der Waals surface area (Å²) in [5.74, 6) is -2.43. The number of hydrogen-bond donors (Lipinski definition) is 3. The number of nitrogens with two attached hydrogens (primary N) is 1. The van der Waals surface area contributed by atoms with Crippen molar-refractivity contribution in [1.29, 1.82) is 0 Å². The van der Waals surface area contributed by atoms with E-state index in [4.69, 9.17) is 24.8 Å². The van der Waals surface area contributed by atoms with Gasteiger partial charge in [-0.2, -0.15) is 0 Å². The van der Waals surface area contributed by atoms with Crippen LogP contribution in [0.4, 0.5) is 0 Å². The first-order valence-electron chi connectivity index (χ1n) is 23.7. The molecule has 0 radical (unpaired) electrons. The van der Waals surface area contributed by atoms with Gasteiger partial charge in [-0.25, -0.2) is 4.57 Å². The molecule has 4 N–H and O–H groups in total. The molecule has 0 bridgehead atoms. The highest BCUT2D eigenvalue weighted by molar-refractivity contribution is 7.47. The lowest BCUT2D eigenvalue weighted by molar-refractivity contribution is -0.161. The third kappa shape index (κ3) is 42.1. The molecule has 0 heterocycles. The maximum absolute atomic E-state index is 12.7. The fourth-order valence-corrected chi connectivity index (χ4v) is 7.08. The van der Waals surface area contributed by atoms with Crippen LogP contribution in [-0.2, 0) is 37.5 Å². The predicted octanol–water partition coefficient (Wildman–Crippen LogP) is 13.0. The van der Waals surface area contributed by atoms with Crippen molar-refractivity contribution >= 4 is 25.7 Å². The minimum absolute atomic E-state index is 0.152. The summed E-state index contributed by atoms with van der Waals surface area (Å²) in [7, 11) is -4.73. The molecular formula is C48H86NO10P. The molecule has 60 heavy (non-hydrogen) atoms. The van der Waals surface area contributed by atoms with Crippen LogP contribution in [0.5, 0.6) is 0 Å². The topological polar surface area (TPSA) is 172 Å². The lowest BCUT2D eigenvalue weighted by atomic mass is 10.0. The minimum atomic E-state index is -4.73. The Labute approximate surface area is 365 Å². The zero-order valence-corrected chi connectivity index (χ0v) is 38.7. The SMILES string of the molecule is CCCCC/C=C/C/C=C/C/C=C/CCCCC(=O)OC[C@@H](COP(=O)(O)OC[C@H](N)C(=O)O)OC(=O)CCCCCCCCCCCCC/C=C/CCCCCCCC. The highest BCUT2D eigenvalue weighted by Gasteiger charge is 2.28. The fraction of sp³-hybridized carbons (Fsp3) is 0.771. The van der Waals surface area contributed by atoms with E-state index in [0.29, 0.717) is 12.8 Å². The standard InChI is InChI=1S/C48H86NO10P/c1-3-5-7-9-11-13-15-17-19-20-21-22-23-24-26-28-30-32-34-36-38-40-47(51)59-44(42-57-60(54,55)58-43-45(49)48(52)53)41-56-46(50)39-37-35-33-31-29-27-25-18-16-14-12-10-8-6-4-2/h12,14,17-19,25,29,31,44-45H,3-11,13,15-16,20-24,26-28,30,32-43,49H2,1-2H3,(H,52,53)(H,54,55)/b14-12+,19-17+,25-18+,31-29+/t44-,45-/m0/s1. The Bertz CT molecular complexity index is 1200. The van der Waals surface area contributed by atoms with Crippen molar-refractivity contribution in [1.82, 2.24) is 0 Å². The van der Waals surface area contributed by atoms with Gasteiger partial charge in [0, 0.05) is 12.8 Å². The molecule has 0 aliphatic heterocycles. The monoisotopic (exact) mass is 868 g/mol. The summed E-state index contributed by atoms with van der Waals surface area (Å²) in [5, 5.41) is 8.90. The lowest BCUT2D eigenvalue weighted by Gasteiger charge is -2.20. The van der Waals surface area contributed by atoms with Crippen LogP contribution in [-0.4, -0.2) is 59.9 Å². The van der Waals surface area contributed by atoms with Gasteiger partial charge in [0.2, 0.25) is 0 Å². The van der Waals surface area contributed by atoms with Crippen molar-refractivity contribution in [2.24, 2.45) is 5.73 Å². The summed E-state index contributed by atoms with van der Waals surface area (Å²) in [6, 6.07) is -1.53. The molecule has 0 aromatic heterocycles. The van der Waals surface area contributed by atoms with Gasteiger partial charge in [0.15, 0.2) is 6.10 Å². The number of rotatable bonds is 44. The van der Waals surface area contributed by atoms with E-state index in [1.165, 1.54) is 116 Å². The Morgan fingerprint density at radius 3 is 1.40 bits per heavy atom. The van der Waals surface area contributed by atoms with Gasteiger partial charge in [0.05, 0.1) is 13.2 Å². The van der Waals surface area contributed by atoms with E-state index in [1.807, 2.05) is 0 Å². The Kier molecular flexibility index (Phi) is 41.3. The van der Waals surface area contributed by atoms with Crippen molar-refractivity contribution in [3.05, 3.63) is 48.6 Å². The van der Waals surface area contributed by atoms with Crippen LogP contribution in [0.1, 0.15) is 206 Å². The number of aliphatic carboxylic acids is 1. The lowest BCUT2D eigenvalue weighted by Crippen LogP contribution is -2.34. The van der Waals surface area contributed by atoms with Gasteiger partial charge in [-0.15, -0.1) is 0 Å². The molecule has 0 saturated carbocycles. The van der Waals surface area contributed by atoms with E-state index in [1.54, 1.807) is 0 Å². The number of phosphoric acid groups is 1. The summed E-state index contributed by atoms with van der Waals surface area (Å²) in [6.07, 6.45) is 48.9. The molecule has 3 atom stereocenters. The van der Waals surface area contributed by atoms with E-state index < -0.39 is 51.1 Å². The molecule has 0 aliphatic rings. The van der Waals surface area contributed by atoms with Crippen LogP contribution < -0.4 is 5.73 Å². The van der Waals surface area contributed by atoms with Crippen LogP contribution in [0, 0.1) is 0 Å². The van der Waals surface area contributed by atoms with E-state index in [9.17, 15) is 23.8 Å². The molecule has 0 aromatic carbocycles. The number of ether oxygens (including phenoxy) is 2. The number of carbonyl (C=O) groups excluding carboxylic acids is 2. The average Bonchev–Trinajstić information content (AvgIpc) is 3.22. The molecule has 0 aromatic rings. The van der Waals surface area contributed by atoms with Gasteiger partial charge >= 0.3 is 25.7 Å². The van der Waals surface area contributed by atoms with Crippen LogP contribution in [0.2, 0.25) is 0 Å². The van der Waals surface area contributed by atoms with Crippen LogP contribution >= 0.6 is 7.82 Å². The van der Waals surface area contributed by atoms with Gasteiger partial charge < -0.3 is 25.2 Å². The Hall–Kier alpha value is -2.56. The third-order valence-electron chi connectivity index (χ3n) is 10.0. The maximum Gasteiger partial charge on any atom is 0.472 e. The van der Waals surface area contributed by atoms with Gasteiger partial charge in [-0.05, 0) is 77.0 Å². The Morgan fingerprint density at radius 2 is 0.883 bits per heavy atom. The number of phosphoric ester groups is 1. The molecule has 0 saturated heterocycles. The molecule has 0 aliphatic carbocycles. The minimum Gasteiger partial charge on any atom is -0.480 e. The summed E-state index contributed by atoms with van der Waals surface area (Å²) in [4.78, 5) is 46.0. The van der Waals surface area contributed by atoms with E-state index in [0.717, 1.165) is 51.4 Å². The molecule has 12 heteroatoms. The molecule has 11 nitrogen and oxygen atoms in total. The van der Waals surface area contributed by atoms with Crippen molar-refractivity contribution in [2.45, 2.75) is 219 Å². The van der Waals surface area contributed by atoms with Crippen LogP contribution in [0.3, 0.4) is 0 Å². The second-order valence-corrected chi connectivity index (χ2v) is 17.3. The number of hydrogen-bond acceptors (Lipinski definition) is 9. The molecular weight excluding hydrogens is 781 g/mol. The number of allylic oxidation sites excluding steroid dienone is 8. The molecule has 1 unspecified atom stereocenters. The summed E-state index contributed by atoms with van der Waals surface area (Å²) in [6.45, 7) is 2.74. The molecule has 0 fully saturated rings. The van der Waals surface area contributed by atoms with Gasteiger partial charge in [0.25, 0.3) is 0 Å². The average molecular weight is 868 g/mol. The van der Waals surface area contributed by atoms with Crippen molar-refractivity contribution in [3.63, 3.8) is 0 Å². The first-order valence-corrected chi connectivity index (χ1v) is 25.2. The smallest absolute Gasteiger partial charge is 0.472 e. The van der Waals surface area contributed by atoms with E-state index in [2.05, 4.69) is 67.0 Å². The number of carboxylic acids is 1. The second kappa shape index (κ2) is 43.1. The van der Waals surface area contributed by atoms with E-state index >= 15 is 0 Å². The normalized spacial score (nSPS) is 14.1. The molecule has 348 valence electrons. The first-order chi connectivity index (χ1) is 29.1. The van der Waals surface area contributed by atoms with E-state index in [-0.39, 0.29) is 19.4 Å². The Morgan fingerprint density at radius 1 is 0.517 bits per heavy atom. The number of carboxylic acid groups (broad SMARTS) is 1. The van der Waals surface area contributed by atoms with Crippen molar-refractivity contribution in [2.75, 3.05) is 19.8 Å². The molecule has 0 rings (SSSR count). The van der Waals surface area contributed by atoms with Gasteiger partial charge in [0.1, 0.15) is 12.6 Å². The molecule has 0 spiro atoms. The van der Waals surface area contributed by atoms with Crippen molar-refractivity contribution in [3.8, 4) is 0 Å². The number of unbranched alkanes of at least 4 members (excludes halogenated alkanes) is 22. The second-order valence-electron chi connectivity index (χ2n) is 15.9. The number of carbonyl (C=O) groups is 3. The zero-order chi connectivity index (χ0) is 44.2. The quantitative estimate of drug-likeness (QED) is 0.0230. The largest absolute Gasteiger partial charge is 0.480 e.